The van der Waals surface area contributed by atoms with E-state index in [1.54, 1.807) is 0 Å². The van der Waals surface area contributed by atoms with E-state index in [4.69, 9.17) is 4.52 Å². The second kappa shape index (κ2) is 5.76. The quantitative estimate of drug-likeness (QED) is 0.941. The first-order valence-electron chi connectivity index (χ1n) is 7.64. The molecule has 6 heteroatoms. The van der Waals surface area contributed by atoms with Gasteiger partial charge in [0.05, 0.1) is 12.1 Å². The molecule has 0 bridgehead atoms. The van der Waals surface area contributed by atoms with E-state index in [2.05, 4.69) is 47.9 Å². The maximum absolute atomic E-state index is 10.0. The Morgan fingerprint density at radius 3 is 2.77 bits per heavy atom. The van der Waals surface area contributed by atoms with Gasteiger partial charge in [-0.15, -0.1) is 11.3 Å². The zero-order valence-electron chi connectivity index (χ0n) is 13.5. The Balaban J connectivity index is 1.76. The first kappa shape index (κ1) is 15.6. The molecule has 2 aromatic rings. The number of hydrogen-bond acceptors (Lipinski definition) is 6. The molecule has 1 aliphatic rings. The predicted octanol–water partition coefficient (Wildman–Crippen LogP) is 3.04. The molecule has 5 nitrogen and oxygen atoms in total. The molecule has 0 aromatic carbocycles. The Labute approximate surface area is 135 Å². The van der Waals surface area contributed by atoms with Crippen LogP contribution < -0.4 is 0 Å². The molecule has 120 valence electrons. The number of thiophene rings is 1. The summed E-state index contributed by atoms with van der Waals surface area (Å²) in [7, 11) is 0. The Hall–Kier alpha value is -1.24. The molecule has 3 rings (SSSR count). The Morgan fingerprint density at radius 1 is 1.41 bits per heavy atom. The molecule has 0 amide bonds. The van der Waals surface area contributed by atoms with Crippen LogP contribution in [-0.2, 0) is 12.0 Å². The summed E-state index contributed by atoms with van der Waals surface area (Å²) >= 11 is 1.84. The van der Waals surface area contributed by atoms with E-state index >= 15 is 0 Å². The van der Waals surface area contributed by atoms with Crippen molar-refractivity contribution in [1.29, 1.82) is 0 Å². The highest BCUT2D eigenvalue weighted by atomic mass is 32.1. The van der Waals surface area contributed by atoms with E-state index in [1.807, 2.05) is 18.3 Å². The molecule has 1 fully saturated rings. The fraction of sp³-hybridized carbons (Fsp3) is 0.625. The van der Waals surface area contributed by atoms with Crippen molar-refractivity contribution >= 4 is 11.3 Å². The highest BCUT2D eigenvalue weighted by molar-refractivity contribution is 7.12. The Bertz CT molecular complexity index is 644. The van der Waals surface area contributed by atoms with Crippen molar-refractivity contribution in [1.82, 2.24) is 15.0 Å². The minimum atomic E-state index is -0.334. The van der Waals surface area contributed by atoms with E-state index in [0.29, 0.717) is 24.7 Å². The highest BCUT2D eigenvalue weighted by Crippen LogP contribution is 2.35. The summed E-state index contributed by atoms with van der Waals surface area (Å²) < 4.78 is 5.31. The molecule has 22 heavy (non-hydrogen) atoms. The van der Waals surface area contributed by atoms with Crippen molar-refractivity contribution in [3.8, 4) is 0 Å². The number of β-amino-alcohol motifs (C(OH)–C–C–N with tert-alkyl or cyclic N) is 1. The molecule has 0 aliphatic carbocycles. The largest absolute Gasteiger partial charge is 0.392 e. The lowest BCUT2D eigenvalue weighted by Gasteiger charge is -2.20. The van der Waals surface area contributed by atoms with Crippen molar-refractivity contribution < 1.29 is 9.63 Å². The summed E-state index contributed by atoms with van der Waals surface area (Å²) in [6, 6.07) is 4.40. The summed E-state index contributed by atoms with van der Waals surface area (Å²) in [4.78, 5) is 9.26. The van der Waals surface area contributed by atoms with Gasteiger partial charge in [-0.1, -0.05) is 25.9 Å². The predicted molar refractivity (Wildman–Crippen MR) is 85.8 cm³/mol. The van der Waals surface area contributed by atoms with Crippen LogP contribution in [0.15, 0.2) is 16.7 Å². The molecule has 1 saturated heterocycles. The van der Waals surface area contributed by atoms with E-state index in [1.165, 1.54) is 9.75 Å². The topological polar surface area (TPSA) is 62.4 Å². The van der Waals surface area contributed by atoms with Gasteiger partial charge < -0.3 is 9.63 Å². The lowest BCUT2D eigenvalue weighted by molar-refractivity contribution is 0.170. The van der Waals surface area contributed by atoms with Gasteiger partial charge >= 0.3 is 0 Å². The third kappa shape index (κ3) is 3.24. The second-order valence-corrected chi connectivity index (χ2v) is 8.20. The normalized spacial score (nSPS) is 23.3. The van der Waals surface area contributed by atoms with Gasteiger partial charge in [0.2, 0.25) is 5.89 Å². The number of rotatable bonds is 3. The summed E-state index contributed by atoms with van der Waals surface area (Å²) in [6.45, 7) is 9.96. The van der Waals surface area contributed by atoms with Gasteiger partial charge in [-0.05, 0) is 30.9 Å². The smallest absolute Gasteiger partial charge is 0.244 e. The number of aromatic nitrogens is 2. The molecule has 0 unspecified atom stereocenters. The van der Waals surface area contributed by atoms with Gasteiger partial charge in [-0.25, -0.2) is 0 Å². The van der Waals surface area contributed by atoms with Gasteiger partial charge in [0.1, 0.15) is 0 Å². The van der Waals surface area contributed by atoms with Gasteiger partial charge in [-0.3, -0.25) is 4.90 Å². The van der Waals surface area contributed by atoms with Crippen LogP contribution >= 0.6 is 11.3 Å². The second-order valence-electron chi connectivity index (χ2n) is 7.03. The van der Waals surface area contributed by atoms with Crippen LogP contribution in [0.2, 0.25) is 0 Å². The third-order valence-corrected chi connectivity index (χ3v) is 5.47. The standard InChI is InChI=1S/C16H23N3O2S/c1-10-17-15(21-18-10)13-7-11(20)8-19(13)9-12-5-6-14(22-12)16(2,3)4/h5-6,11,13,20H,7-9H2,1-4H3/t11-,13-/m1/s1. The van der Waals surface area contributed by atoms with Crippen LogP contribution in [0.5, 0.6) is 0 Å². The third-order valence-electron chi connectivity index (χ3n) is 3.97. The van der Waals surface area contributed by atoms with Gasteiger partial charge in [0.15, 0.2) is 5.82 Å². The zero-order valence-corrected chi connectivity index (χ0v) is 14.4. The van der Waals surface area contributed by atoms with Crippen LogP contribution in [0.3, 0.4) is 0 Å². The average molecular weight is 321 g/mol. The lowest BCUT2D eigenvalue weighted by atomic mass is 9.95. The molecule has 3 heterocycles. The van der Waals surface area contributed by atoms with Gasteiger partial charge in [0, 0.05) is 22.8 Å². The number of aryl methyl sites for hydroxylation is 1. The minimum Gasteiger partial charge on any atom is -0.392 e. The van der Waals surface area contributed by atoms with Crippen LogP contribution in [0.1, 0.15) is 54.7 Å². The fourth-order valence-corrected chi connectivity index (χ4v) is 3.92. The van der Waals surface area contributed by atoms with Crippen molar-refractivity contribution in [2.45, 2.75) is 58.2 Å². The molecular weight excluding hydrogens is 298 g/mol. The van der Waals surface area contributed by atoms with Crippen LogP contribution in [0.25, 0.3) is 0 Å². The van der Waals surface area contributed by atoms with E-state index in [9.17, 15) is 5.11 Å². The first-order chi connectivity index (χ1) is 10.3. The number of likely N-dealkylation sites (tertiary alicyclic amines) is 1. The van der Waals surface area contributed by atoms with E-state index in [0.717, 1.165) is 6.54 Å². The van der Waals surface area contributed by atoms with Crippen molar-refractivity contribution in [3.63, 3.8) is 0 Å². The van der Waals surface area contributed by atoms with Crippen LogP contribution in [-0.4, -0.2) is 32.8 Å². The average Bonchev–Trinajstić information content (AvgIpc) is 3.09. The molecule has 2 aromatic heterocycles. The Morgan fingerprint density at radius 2 is 2.18 bits per heavy atom. The number of aliphatic hydroxyl groups excluding tert-OH is 1. The molecule has 2 atom stereocenters. The van der Waals surface area contributed by atoms with Crippen molar-refractivity contribution in [2.24, 2.45) is 0 Å². The van der Waals surface area contributed by atoms with Crippen LogP contribution in [0, 0.1) is 6.92 Å². The molecular formula is C16H23N3O2S. The fourth-order valence-electron chi connectivity index (χ4n) is 2.83. The highest BCUT2D eigenvalue weighted by Gasteiger charge is 2.36. The summed E-state index contributed by atoms with van der Waals surface area (Å²) in [5.41, 5.74) is 0.177. The van der Waals surface area contributed by atoms with E-state index in [-0.39, 0.29) is 17.6 Å². The molecule has 1 N–H and O–H groups in total. The monoisotopic (exact) mass is 321 g/mol. The van der Waals surface area contributed by atoms with Crippen LogP contribution in [0.4, 0.5) is 0 Å². The molecule has 0 saturated carbocycles. The maximum atomic E-state index is 10.0. The first-order valence-corrected chi connectivity index (χ1v) is 8.46. The summed E-state index contributed by atoms with van der Waals surface area (Å²) in [5, 5.41) is 13.9. The van der Waals surface area contributed by atoms with Crippen molar-refractivity contribution in [3.05, 3.63) is 33.6 Å². The van der Waals surface area contributed by atoms with Crippen molar-refractivity contribution in [2.75, 3.05) is 6.54 Å². The van der Waals surface area contributed by atoms with Gasteiger partial charge in [-0.2, -0.15) is 4.98 Å². The Kier molecular flexibility index (Phi) is 4.09. The molecule has 0 spiro atoms. The number of aliphatic hydroxyl groups is 1. The lowest BCUT2D eigenvalue weighted by Crippen LogP contribution is -2.24. The molecule has 0 radical (unpaired) electrons. The zero-order chi connectivity index (χ0) is 15.9. The summed E-state index contributed by atoms with van der Waals surface area (Å²) in [5.74, 6) is 1.25. The SMILES string of the molecule is Cc1noc([C@H]2C[C@@H](O)CN2Cc2ccc(C(C)(C)C)s2)n1. The summed E-state index contributed by atoms with van der Waals surface area (Å²) in [6.07, 6.45) is 0.318. The molecule has 1 aliphatic heterocycles. The minimum absolute atomic E-state index is 0.0105. The maximum Gasteiger partial charge on any atom is 0.244 e. The number of hydrogen-bond donors (Lipinski definition) is 1. The number of nitrogens with zero attached hydrogens (tertiary/aromatic N) is 3. The van der Waals surface area contributed by atoms with E-state index < -0.39 is 0 Å². The van der Waals surface area contributed by atoms with Gasteiger partial charge in [0.25, 0.3) is 0 Å².